The number of carboxylic acid groups (broad SMARTS) is 1. The minimum Gasteiger partial charge on any atom is -0.492 e. The minimum absolute atomic E-state index is 0.0305. The van der Waals surface area contributed by atoms with E-state index in [1.807, 2.05) is 0 Å². The number of nitrogens with zero attached hydrogens (tertiary/aromatic N) is 3. The average molecular weight is 482 g/mol. The van der Waals surface area contributed by atoms with Gasteiger partial charge in [-0.25, -0.2) is 4.98 Å². The van der Waals surface area contributed by atoms with Gasteiger partial charge >= 0.3 is 12.1 Å². The number of aromatic nitrogens is 4. The second-order valence-electron chi connectivity index (χ2n) is 8.48. The number of aromatic amines is 1. The Balaban J connectivity index is 1.49. The lowest BCUT2D eigenvalue weighted by Gasteiger charge is -2.19. The van der Waals surface area contributed by atoms with Crippen LogP contribution in [0.25, 0.3) is 34.0 Å². The molecule has 0 amide bonds. The first-order valence-corrected chi connectivity index (χ1v) is 10.6. The normalized spacial score (nSPS) is 11.9. The number of halogens is 3. The molecule has 2 N–H and O–H groups in total. The van der Waals surface area contributed by atoms with E-state index in [0.717, 1.165) is 11.6 Å². The summed E-state index contributed by atoms with van der Waals surface area (Å²) in [7, 11) is 0. The van der Waals surface area contributed by atoms with E-state index in [9.17, 15) is 23.1 Å². The predicted molar refractivity (Wildman–Crippen MR) is 122 cm³/mol. The number of rotatable bonds is 7. The van der Waals surface area contributed by atoms with Crippen LogP contribution in [0.2, 0.25) is 0 Å². The number of pyridine rings is 2. The molecule has 0 saturated carbocycles. The number of hydrogen-bond acceptors (Lipinski definition) is 5. The van der Waals surface area contributed by atoms with Gasteiger partial charge in [0.15, 0.2) is 0 Å². The van der Waals surface area contributed by atoms with Gasteiger partial charge in [-0.15, -0.1) is 0 Å². The van der Waals surface area contributed by atoms with E-state index in [1.54, 1.807) is 56.4 Å². The zero-order valence-electron chi connectivity index (χ0n) is 18.8. The molecule has 180 valence electrons. The van der Waals surface area contributed by atoms with E-state index < -0.39 is 23.1 Å². The van der Waals surface area contributed by atoms with Crippen molar-refractivity contribution >= 4 is 5.97 Å². The van der Waals surface area contributed by atoms with E-state index >= 15 is 0 Å². The first kappa shape index (κ1) is 23.9. The number of H-pyrrole nitrogens is 1. The van der Waals surface area contributed by atoms with Crippen LogP contribution in [0.15, 0.2) is 67.1 Å². The highest BCUT2D eigenvalue weighted by atomic mass is 19.4. The maximum Gasteiger partial charge on any atom is 0.418 e. The molecule has 0 unspecified atom stereocenters. The summed E-state index contributed by atoms with van der Waals surface area (Å²) in [6, 6.07) is 12.8. The van der Waals surface area contributed by atoms with Crippen LogP contribution in [-0.4, -0.2) is 37.6 Å². The Labute approximate surface area is 198 Å². The second-order valence-corrected chi connectivity index (χ2v) is 8.48. The van der Waals surface area contributed by atoms with E-state index in [1.165, 1.54) is 18.5 Å². The van der Waals surface area contributed by atoms with Crippen molar-refractivity contribution in [3.63, 3.8) is 0 Å². The van der Waals surface area contributed by atoms with E-state index in [4.69, 9.17) is 4.74 Å². The van der Waals surface area contributed by atoms with Gasteiger partial charge < -0.3 is 14.8 Å². The summed E-state index contributed by atoms with van der Waals surface area (Å²) < 4.78 is 45.5. The van der Waals surface area contributed by atoms with Crippen molar-refractivity contribution in [1.29, 1.82) is 0 Å². The molecule has 10 heteroatoms. The molecule has 0 radical (unpaired) electrons. The number of aliphatic carboxylic acids is 1. The molecule has 4 rings (SSSR count). The maximum absolute atomic E-state index is 13.3. The Morgan fingerprint density at radius 1 is 0.971 bits per heavy atom. The molecule has 0 fully saturated rings. The number of benzene rings is 1. The SMILES string of the molecule is CC(C)(COc1ccc(-c2ccc(-c3ncc(-c4ncccc4C(F)(F)F)[nH]3)cn2)cc1)C(=O)O. The smallest absolute Gasteiger partial charge is 0.418 e. The molecule has 35 heavy (non-hydrogen) atoms. The highest BCUT2D eigenvalue weighted by Crippen LogP contribution is 2.35. The third-order valence-electron chi connectivity index (χ3n) is 5.31. The number of nitrogens with one attached hydrogen (secondary N) is 1. The van der Waals surface area contributed by atoms with Gasteiger partial charge in [0.25, 0.3) is 0 Å². The average Bonchev–Trinajstić information content (AvgIpc) is 3.33. The van der Waals surface area contributed by atoms with Crippen molar-refractivity contribution in [3.05, 3.63) is 72.7 Å². The molecule has 0 bridgehead atoms. The summed E-state index contributed by atoms with van der Waals surface area (Å²) in [4.78, 5) is 26.6. The first-order valence-electron chi connectivity index (χ1n) is 10.6. The molecule has 0 atom stereocenters. The molecule has 3 heterocycles. The molecular weight excluding hydrogens is 461 g/mol. The lowest BCUT2D eigenvalue weighted by Crippen LogP contribution is -2.30. The Bertz CT molecular complexity index is 1330. The summed E-state index contributed by atoms with van der Waals surface area (Å²) in [5.41, 5.74) is 0.151. The van der Waals surface area contributed by atoms with Crippen LogP contribution in [0.4, 0.5) is 13.2 Å². The van der Waals surface area contributed by atoms with Crippen LogP contribution in [-0.2, 0) is 11.0 Å². The topological polar surface area (TPSA) is 101 Å². The molecule has 0 spiro atoms. The number of ether oxygens (including phenoxy) is 1. The minimum atomic E-state index is -4.54. The maximum atomic E-state index is 13.3. The Morgan fingerprint density at radius 3 is 2.31 bits per heavy atom. The number of carbonyl (C=O) groups is 1. The van der Waals surface area contributed by atoms with Gasteiger partial charge in [0.2, 0.25) is 0 Å². The van der Waals surface area contributed by atoms with E-state index in [2.05, 4.69) is 19.9 Å². The van der Waals surface area contributed by atoms with Gasteiger partial charge in [-0.1, -0.05) is 0 Å². The van der Waals surface area contributed by atoms with Crippen molar-refractivity contribution in [3.8, 4) is 39.8 Å². The number of alkyl halides is 3. The molecule has 0 aliphatic rings. The molecule has 3 aromatic heterocycles. The van der Waals surface area contributed by atoms with Crippen LogP contribution in [0.1, 0.15) is 19.4 Å². The van der Waals surface area contributed by atoms with Crippen molar-refractivity contribution in [2.45, 2.75) is 20.0 Å². The second kappa shape index (κ2) is 9.21. The van der Waals surface area contributed by atoms with E-state index in [0.29, 0.717) is 22.8 Å². The van der Waals surface area contributed by atoms with Gasteiger partial charge in [0.1, 0.15) is 23.9 Å². The van der Waals surface area contributed by atoms with Crippen LogP contribution < -0.4 is 4.74 Å². The fourth-order valence-corrected chi connectivity index (χ4v) is 3.19. The number of imidazole rings is 1. The predicted octanol–water partition coefficient (Wildman–Crippen LogP) is 5.71. The highest BCUT2D eigenvalue weighted by Gasteiger charge is 2.34. The quantitative estimate of drug-likeness (QED) is 0.350. The largest absolute Gasteiger partial charge is 0.492 e. The molecular formula is C25H21F3N4O3. The lowest BCUT2D eigenvalue weighted by molar-refractivity contribution is -0.148. The fraction of sp³-hybridized carbons (Fsp3) is 0.200. The molecule has 0 aliphatic carbocycles. The summed E-state index contributed by atoms with van der Waals surface area (Å²) in [6.45, 7) is 3.20. The molecule has 1 aromatic carbocycles. The Hall–Kier alpha value is -4.21. The molecule has 7 nitrogen and oxygen atoms in total. The number of carboxylic acids is 1. The molecule has 0 aliphatic heterocycles. The Kier molecular flexibility index (Phi) is 6.29. The van der Waals surface area contributed by atoms with Crippen LogP contribution in [0.5, 0.6) is 5.75 Å². The monoisotopic (exact) mass is 482 g/mol. The molecule has 0 saturated heterocycles. The van der Waals surface area contributed by atoms with Crippen molar-refractivity contribution in [2.75, 3.05) is 6.61 Å². The zero-order chi connectivity index (χ0) is 25.2. The number of hydrogen-bond donors (Lipinski definition) is 2. The van der Waals surface area contributed by atoms with Crippen LogP contribution in [0.3, 0.4) is 0 Å². The van der Waals surface area contributed by atoms with Crippen molar-refractivity contribution in [1.82, 2.24) is 19.9 Å². The standard InChI is InChI=1S/C25H21F3N4O3/c1-24(2,23(33)34)14-35-17-8-5-15(6-9-17)19-10-7-16(12-30-19)22-31-13-20(32-22)21-18(25(26,27)28)4-3-11-29-21/h3-13H,14H2,1-2H3,(H,31,32)(H,33,34). The van der Waals surface area contributed by atoms with Gasteiger partial charge in [0.05, 0.1) is 28.6 Å². The lowest BCUT2D eigenvalue weighted by atomic mass is 9.95. The van der Waals surface area contributed by atoms with E-state index in [-0.39, 0.29) is 18.0 Å². The third-order valence-corrected chi connectivity index (χ3v) is 5.31. The van der Waals surface area contributed by atoms with Crippen molar-refractivity contribution < 1.29 is 27.8 Å². The Morgan fingerprint density at radius 2 is 1.69 bits per heavy atom. The van der Waals surface area contributed by atoms with Crippen molar-refractivity contribution in [2.24, 2.45) is 5.41 Å². The fourth-order valence-electron chi connectivity index (χ4n) is 3.19. The highest BCUT2D eigenvalue weighted by molar-refractivity contribution is 5.73. The van der Waals surface area contributed by atoms with Gasteiger partial charge in [-0.05, 0) is 62.4 Å². The van der Waals surface area contributed by atoms with Crippen LogP contribution in [0, 0.1) is 5.41 Å². The van der Waals surface area contributed by atoms with Gasteiger partial charge in [-0.3, -0.25) is 14.8 Å². The summed E-state index contributed by atoms with van der Waals surface area (Å²) in [6.07, 6.45) is -0.359. The third kappa shape index (κ3) is 5.32. The molecule has 4 aromatic rings. The van der Waals surface area contributed by atoms with Crippen LogP contribution >= 0.6 is 0 Å². The summed E-state index contributed by atoms with van der Waals surface area (Å²) in [5.74, 6) is -0.0407. The summed E-state index contributed by atoms with van der Waals surface area (Å²) in [5, 5.41) is 9.18. The zero-order valence-corrected chi connectivity index (χ0v) is 18.8. The summed E-state index contributed by atoms with van der Waals surface area (Å²) >= 11 is 0. The first-order chi connectivity index (χ1) is 16.5. The van der Waals surface area contributed by atoms with Gasteiger partial charge in [-0.2, -0.15) is 13.2 Å². The van der Waals surface area contributed by atoms with Gasteiger partial charge in [0, 0.05) is 23.5 Å².